The standard InChI is InChI=1S/C14H15N3O3/c18-14-10-13(15-8-2-1-3-9-16(14)15)11-4-6-12(7-5-11)17(19)20/h4-7,10H,1-3,8-9H2. The molecule has 1 aliphatic rings. The largest absolute Gasteiger partial charge is 0.282 e. The van der Waals surface area contributed by atoms with Crippen molar-refractivity contribution in [2.24, 2.45) is 0 Å². The molecule has 1 aliphatic heterocycles. The van der Waals surface area contributed by atoms with E-state index in [1.807, 2.05) is 4.68 Å². The number of nitro groups is 1. The molecule has 3 rings (SSSR count). The van der Waals surface area contributed by atoms with E-state index in [-0.39, 0.29) is 11.2 Å². The molecule has 0 bridgehead atoms. The van der Waals surface area contributed by atoms with E-state index in [1.54, 1.807) is 22.9 Å². The molecular weight excluding hydrogens is 258 g/mol. The predicted octanol–water partition coefficient (Wildman–Crippen LogP) is 2.41. The van der Waals surface area contributed by atoms with E-state index in [2.05, 4.69) is 0 Å². The average Bonchev–Trinajstić information content (AvgIpc) is 2.65. The van der Waals surface area contributed by atoms with Gasteiger partial charge in [-0.15, -0.1) is 0 Å². The van der Waals surface area contributed by atoms with Gasteiger partial charge in [-0.1, -0.05) is 0 Å². The van der Waals surface area contributed by atoms with Gasteiger partial charge in [0.15, 0.2) is 0 Å². The molecule has 2 heterocycles. The fourth-order valence-electron chi connectivity index (χ4n) is 2.67. The third-order valence-electron chi connectivity index (χ3n) is 3.70. The molecule has 0 saturated heterocycles. The Morgan fingerprint density at radius 2 is 1.65 bits per heavy atom. The van der Waals surface area contributed by atoms with Crippen molar-refractivity contribution in [3.63, 3.8) is 0 Å². The molecular formula is C14H15N3O3. The fraction of sp³-hybridized carbons (Fsp3) is 0.357. The van der Waals surface area contributed by atoms with E-state index in [9.17, 15) is 14.9 Å². The number of hydrogen-bond donors (Lipinski definition) is 0. The van der Waals surface area contributed by atoms with Crippen LogP contribution in [0.4, 0.5) is 5.69 Å². The van der Waals surface area contributed by atoms with Crippen molar-refractivity contribution in [3.05, 3.63) is 50.8 Å². The summed E-state index contributed by atoms with van der Waals surface area (Å²) in [5, 5.41) is 10.7. The Bertz CT molecular complexity index is 697. The second-order valence-electron chi connectivity index (χ2n) is 4.98. The number of hydrogen-bond acceptors (Lipinski definition) is 3. The van der Waals surface area contributed by atoms with E-state index in [0.29, 0.717) is 0 Å². The number of aromatic nitrogens is 2. The van der Waals surface area contributed by atoms with Gasteiger partial charge in [-0.3, -0.25) is 24.3 Å². The van der Waals surface area contributed by atoms with Gasteiger partial charge in [0.25, 0.3) is 11.2 Å². The van der Waals surface area contributed by atoms with Gasteiger partial charge in [0.2, 0.25) is 0 Å². The van der Waals surface area contributed by atoms with Crippen LogP contribution in [0.25, 0.3) is 11.3 Å². The lowest BCUT2D eigenvalue weighted by Crippen LogP contribution is -2.21. The summed E-state index contributed by atoms with van der Waals surface area (Å²) >= 11 is 0. The summed E-state index contributed by atoms with van der Waals surface area (Å²) in [5.74, 6) is 0. The van der Waals surface area contributed by atoms with Crippen molar-refractivity contribution < 1.29 is 4.92 Å². The molecule has 0 amide bonds. The van der Waals surface area contributed by atoms with Crippen LogP contribution < -0.4 is 5.56 Å². The molecule has 2 aromatic rings. The van der Waals surface area contributed by atoms with E-state index in [1.165, 1.54) is 12.1 Å². The Kier molecular flexibility index (Phi) is 3.14. The number of non-ortho nitro benzene ring substituents is 1. The number of rotatable bonds is 2. The van der Waals surface area contributed by atoms with Crippen molar-refractivity contribution in [2.75, 3.05) is 0 Å². The molecule has 1 aromatic carbocycles. The summed E-state index contributed by atoms with van der Waals surface area (Å²) in [7, 11) is 0. The third-order valence-corrected chi connectivity index (χ3v) is 3.70. The van der Waals surface area contributed by atoms with E-state index >= 15 is 0 Å². The van der Waals surface area contributed by atoms with Gasteiger partial charge in [-0.05, 0) is 31.4 Å². The molecule has 0 fully saturated rings. The van der Waals surface area contributed by atoms with E-state index in [4.69, 9.17) is 0 Å². The lowest BCUT2D eigenvalue weighted by Gasteiger charge is -2.11. The van der Waals surface area contributed by atoms with Gasteiger partial charge in [-0.2, -0.15) is 0 Å². The minimum atomic E-state index is -0.420. The minimum absolute atomic E-state index is 0.000234. The summed E-state index contributed by atoms with van der Waals surface area (Å²) in [6.07, 6.45) is 3.19. The second kappa shape index (κ2) is 4.96. The fourth-order valence-corrected chi connectivity index (χ4v) is 2.67. The van der Waals surface area contributed by atoms with Crippen molar-refractivity contribution in [1.29, 1.82) is 0 Å². The summed E-state index contributed by atoms with van der Waals surface area (Å²) in [6, 6.07) is 7.96. The highest BCUT2D eigenvalue weighted by atomic mass is 16.6. The average molecular weight is 273 g/mol. The molecule has 1 aromatic heterocycles. The number of fused-ring (bicyclic) bond motifs is 1. The van der Waals surface area contributed by atoms with Crippen molar-refractivity contribution in [3.8, 4) is 11.3 Å². The zero-order chi connectivity index (χ0) is 14.1. The Labute approximate surface area is 115 Å². The van der Waals surface area contributed by atoms with Crippen LogP contribution in [0.5, 0.6) is 0 Å². The maximum atomic E-state index is 12.0. The number of benzene rings is 1. The lowest BCUT2D eigenvalue weighted by atomic mass is 10.1. The highest BCUT2D eigenvalue weighted by molar-refractivity contribution is 5.61. The van der Waals surface area contributed by atoms with Crippen LogP contribution in [-0.4, -0.2) is 14.3 Å². The van der Waals surface area contributed by atoms with Gasteiger partial charge in [-0.25, -0.2) is 0 Å². The Morgan fingerprint density at radius 3 is 2.30 bits per heavy atom. The summed E-state index contributed by atoms with van der Waals surface area (Å²) < 4.78 is 3.76. The van der Waals surface area contributed by atoms with Gasteiger partial charge in [0.05, 0.1) is 10.6 Å². The topological polar surface area (TPSA) is 70.1 Å². The minimum Gasteiger partial charge on any atom is -0.282 e. The third kappa shape index (κ3) is 2.13. The molecule has 0 unspecified atom stereocenters. The molecule has 104 valence electrons. The quantitative estimate of drug-likeness (QED) is 0.623. The molecule has 0 aliphatic carbocycles. The molecule has 0 saturated carbocycles. The highest BCUT2D eigenvalue weighted by Gasteiger charge is 2.15. The number of nitro benzene ring substituents is 1. The molecule has 6 nitrogen and oxygen atoms in total. The zero-order valence-electron chi connectivity index (χ0n) is 11.0. The first-order valence-electron chi connectivity index (χ1n) is 6.72. The lowest BCUT2D eigenvalue weighted by molar-refractivity contribution is -0.384. The monoisotopic (exact) mass is 273 g/mol. The maximum Gasteiger partial charge on any atom is 0.269 e. The Morgan fingerprint density at radius 1 is 1.00 bits per heavy atom. The number of nitrogens with zero attached hydrogens (tertiary/aromatic N) is 3. The molecule has 0 spiro atoms. The maximum absolute atomic E-state index is 12.0. The van der Waals surface area contributed by atoms with Crippen molar-refractivity contribution >= 4 is 5.69 Å². The van der Waals surface area contributed by atoms with Crippen LogP contribution in [-0.2, 0) is 13.1 Å². The zero-order valence-corrected chi connectivity index (χ0v) is 11.0. The van der Waals surface area contributed by atoms with E-state index in [0.717, 1.165) is 43.6 Å². The van der Waals surface area contributed by atoms with Crippen LogP contribution in [0, 0.1) is 10.1 Å². The first kappa shape index (κ1) is 12.7. The van der Waals surface area contributed by atoms with Gasteiger partial charge in [0.1, 0.15) is 0 Å². The normalized spacial score (nSPS) is 14.6. The Balaban J connectivity index is 2.06. The van der Waals surface area contributed by atoms with Crippen molar-refractivity contribution in [1.82, 2.24) is 9.36 Å². The highest BCUT2D eigenvalue weighted by Crippen LogP contribution is 2.23. The van der Waals surface area contributed by atoms with Crippen LogP contribution in [0.1, 0.15) is 19.3 Å². The molecule has 6 heteroatoms. The Hall–Kier alpha value is -2.37. The molecule has 20 heavy (non-hydrogen) atoms. The van der Waals surface area contributed by atoms with Crippen LogP contribution >= 0.6 is 0 Å². The molecule has 0 radical (unpaired) electrons. The molecule has 0 N–H and O–H groups in total. The smallest absolute Gasteiger partial charge is 0.269 e. The first-order valence-corrected chi connectivity index (χ1v) is 6.72. The molecule has 0 atom stereocenters. The van der Waals surface area contributed by atoms with Crippen LogP contribution in [0.15, 0.2) is 35.1 Å². The van der Waals surface area contributed by atoms with Crippen LogP contribution in [0.3, 0.4) is 0 Å². The predicted molar refractivity (Wildman–Crippen MR) is 74.6 cm³/mol. The first-order chi connectivity index (χ1) is 9.66. The van der Waals surface area contributed by atoms with Gasteiger partial charge < -0.3 is 0 Å². The summed E-state index contributed by atoms with van der Waals surface area (Å²) in [6.45, 7) is 1.56. The SMILES string of the molecule is O=c1cc(-c2ccc([N+](=O)[O-])cc2)n2n1CCCCC2. The summed E-state index contributed by atoms with van der Waals surface area (Å²) in [5.41, 5.74) is 1.74. The second-order valence-corrected chi connectivity index (χ2v) is 4.98. The van der Waals surface area contributed by atoms with Gasteiger partial charge in [0, 0.05) is 36.9 Å². The van der Waals surface area contributed by atoms with E-state index < -0.39 is 4.92 Å². The van der Waals surface area contributed by atoms with Crippen LogP contribution in [0.2, 0.25) is 0 Å². The summed E-state index contributed by atoms with van der Waals surface area (Å²) in [4.78, 5) is 22.3. The van der Waals surface area contributed by atoms with Gasteiger partial charge >= 0.3 is 0 Å². The van der Waals surface area contributed by atoms with Crippen molar-refractivity contribution in [2.45, 2.75) is 32.4 Å².